The molecule has 0 aliphatic rings. The van der Waals surface area contributed by atoms with Crippen molar-refractivity contribution in [3.05, 3.63) is 6.20 Å². The maximum Gasteiger partial charge on any atom is 0.256 e. The Morgan fingerprint density at radius 1 is 1.67 bits per heavy atom. The van der Waals surface area contributed by atoms with Crippen molar-refractivity contribution in [2.24, 2.45) is 7.05 Å². The second kappa shape index (κ2) is 3.99. The van der Waals surface area contributed by atoms with E-state index >= 15 is 0 Å². The summed E-state index contributed by atoms with van der Waals surface area (Å²) in [6.07, 6.45) is 3.89. The third-order valence-corrected chi connectivity index (χ3v) is 1.56. The lowest BCUT2D eigenvalue weighted by molar-refractivity contribution is 0.296. The van der Waals surface area contributed by atoms with Crippen LogP contribution in [0.4, 0.5) is 5.69 Å². The van der Waals surface area contributed by atoms with Gasteiger partial charge in [0.25, 0.3) is 5.88 Å². The SMILES string of the molecule is CCCCOc1nn(C)cc1N. The fraction of sp³-hybridized carbons (Fsp3) is 0.625. The molecule has 1 heterocycles. The van der Waals surface area contributed by atoms with Gasteiger partial charge >= 0.3 is 0 Å². The minimum absolute atomic E-state index is 0.547. The Bertz CT molecular complexity index is 244. The zero-order valence-corrected chi connectivity index (χ0v) is 7.58. The first-order valence-corrected chi connectivity index (χ1v) is 4.16. The van der Waals surface area contributed by atoms with Crippen LogP contribution in [0.3, 0.4) is 0 Å². The van der Waals surface area contributed by atoms with Crippen molar-refractivity contribution in [1.82, 2.24) is 9.78 Å². The molecule has 0 spiro atoms. The lowest BCUT2D eigenvalue weighted by Crippen LogP contribution is -1.99. The summed E-state index contributed by atoms with van der Waals surface area (Å²) < 4.78 is 6.99. The van der Waals surface area contributed by atoms with Crippen molar-refractivity contribution in [2.75, 3.05) is 12.3 Å². The first-order valence-electron chi connectivity index (χ1n) is 4.16. The van der Waals surface area contributed by atoms with Gasteiger partial charge in [0.05, 0.1) is 12.8 Å². The Balaban J connectivity index is 2.45. The molecule has 0 aliphatic carbocycles. The first-order chi connectivity index (χ1) is 5.74. The van der Waals surface area contributed by atoms with Crippen LogP contribution in [0, 0.1) is 0 Å². The molecular formula is C8H15N3O. The molecule has 0 aromatic carbocycles. The highest BCUT2D eigenvalue weighted by Crippen LogP contribution is 2.17. The number of ether oxygens (including phenoxy) is 1. The molecule has 1 aromatic rings. The van der Waals surface area contributed by atoms with Crippen molar-refractivity contribution in [3.63, 3.8) is 0 Å². The summed E-state index contributed by atoms with van der Waals surface area (Å²) in [5.41, 5.74) is 6.22. The minimum Gasteiger partial charge on any atom is -0.475 e. The summed E-state index contributed by atoms with van der Waals surface area (Å²) in [6, 6.07) is 0. The summed E-state index contributed by atoms with van der Waals surface area (Å²) in [4.78, 5) is 0. The van der Waals surface area contributed by atoms with Crippen molar-refractivity contribution in [1.29, 1.82) is 0 Å². The molecule has 2 N–H and O–H groups in total. The van der Waals surface area contributed by atoms with Crippen LogP contribution in [-0.4, -0.2) is 16.4 Å². The molecular weight excluding hydrogens is 154 g/mol. The molecule has 0 fully saturated rings. The molecule has 0 unspecified atom stereocenters. The Hall–Kier alpha value is -1.19. The molecule has 12 heavy (non-hydrogen) atoms. The smallest absolute Gasteiger partial charge is 0.256 e. The van der Waals surface area contributed by atoms with Gasteiger partial charge in [-0.1, -0.05) is 13.3 Å². The van der Waals surface area contributed by atoms with Crippen LogP contribution >= 0.6 is 0 Å². The molecule has 4 heteroatoms. The summed E-state index contributed by atoms with van der Waals surface area (Å²) in [5.74, 6) is 0.547. The van der Waals surface area contributed by atoms with Gasteiger partial charge in [-0.05, 0) is 6.42 Å². The summed E-state index contributed by atoms with van der Waals surface area (Å²) in [7, 11) is 1.82. The van der Waals surface area contributed by atoms with Gasteiger partial charge in [0.1, 0.15) is 5.69 Å². The van der Waals surface area contributed by atoms with Crippen molar-refractivity contribution < 1.29 is 4.74 Å². The predicted octanol–water partition coefficient (Wildman–Crippen LogP) is 1.18. The van der Waals surface area contributed by atoms with E-state index in [0.29, 0.717) is 18.2 Å². The largest absolute Gasteiger partial charge is 0.475 e. The van der Waals surface area contributed by atoms with E-state index < -0.39 is 0 Å². The number of nitrogen functional groups attached to an aromatic ring is 1. The number of unbranched alkanes of at least 4 members (excludes halogenated alkanes) is 1. The van der Waals surface area contributed by atoms with Gasteiger partial charge in [-0.25, -0.2) is 0 Å². The Labute approximate surface area is 72.3 Å². The zero-order chi connectivity index (χ0) is 8.97. The van der Waals surface area contributed by atoms with Crippen LogP contribution < -0.4 is 10.5 Å². The molecule has 0 radical (unpaired) electrons. The number of rotatable bonds is 4. The number of anilines is 1. The number of aromatic nitrogens is 2. The van der Waals surface area contributed by atoms with E-state index in [1.54, 1.807) is 10.9 Å². The number of nitrogens with zero attached hydrogens (tertiary/aromatic N) is 2. The van der Waals surface area contributed by atoms with E-state index in [9.17, 15) is 0 Å². The number of nitrogens with two attached hydrogens (primary N) is 1. The molecule has 0 saturated heterocycles. The number of hydrogen-bond acceptors (Lipinski definition) is 3. The highest BCUT2D eigenvalue weighted by Gasteiger charge is 2.03. The normalized spacial score (nSPS) is 10.2. The molecule has 1 rings (SSSR count). The maximum absolute atomic E-state index is 5.62. The summed E-state index contributed by atoms with van der Waals surface area (Å²) >= 11 is 0. The van der Waals surface area contributed by atoms with Gasteiger partial charge in [0, 0.05) is 7.05 Å². The van der Waals surface area contributed by atoms with Gasteiger partial charge < -0.3 is 10.5 Å². The van der Waals surface area contributed by atoms with Crippen molar-refractivity contribution >= 4 is 5.69 Å². The highest BCUT2D eigenvalue weighted by molar-refractivity contribution is 5.45. The van der Waals surface area contributed by atoms with Crippen LogP contribution in [0.5, 0.6) is 5.88 Å². The second-order valence-corrected chi connectivity index (χ2v) is 2.77. The van der Waals surface area contributed by atoms with Gasteiger partial charge in [0.2, 0.25) is 0 Å². The highest BCUT2D eigenvalue weighted by atomic mass is 16.5. The minimum atomic E-state index is 0.547. The molecule has 0 saturated carbocycles. The van der Waals surface area contributed by atoms with Crippen LogP contribution in [0.2, 0.25) is 0 Å². The number of aryl methyl sites for hydroxylation is 1. The summed E-state index contributed by atoms with van der Waals surface area (Å²) in [6.45, 7) is 2.81. The van der Waals surface area contributed by atoms with E-state index in [4.69, 9.17) is 10.5 Å². The average Bonchev–Trinajstić information content (AvgIpc) is 2.31. The van der Waals surface area contributed by atoms with E-state index in [-0.39, 0.29) is 0 Å². The monoisotopic (exact) mass is 169 g/mol. The lowest BCUT2D eigenvalue weighted by atomic mass is 10.4. The van der Waals surface area contributed by atoms with E-state index in [1.165, 1.54) is 0 Å². The van der Waals surface area contributed by atoms with Crippen molar-refractivity contribution in [2.45, 2.75) is 19.8 Å². The second-order valence-electron chi connectivity index (χ2n) is 2.77. The summed E-state index contributed by atoms with van der Waals surface area (Å²) in [5, 5.41) is 4.05. The third-order valence-electron chi connectivity index (χ3n) is 1.56. The van der Waals surface area contributed by atoms with Crippen molar-refractivity contribution in [3.8, 4) is 5.88 Å². The fourth-order valence-electron chi connectivity index (χ4n) is 0.912. The van der Waals surface area contributed by atoms with E-state index in [2.05, 4.69) is 12.0 Å². The topological polar surface area (TPSA) is 53.1 Å². The van der Waals surface area contributed by atoms with Gasteiger partial charge in [-0.3, -0.25) is 4.68 Å². The molecule has 1 aromatic heterocycles. The molecule has 4 nitrogen and oxygen atoms in total. The third kappa shape index (κ3) is 2.15. The fourth-order valence-corrected chi connectivity index (χ4v) is 0.912. The Morgan fingerprint density at radius 2 is 2.42 bits per heavy atom. The van der Waals surface area contributed by atoms with Gasteiger partial charge in [0.15, 0.2) is 0 Å². The van der Waals surface area contributed by atoms with Crippen LogP contribution in [-0.2, 0) is 7.05 Å². The predicted molar refractivity (Wildman–Crippen MR) is 48.0 cm³/mol. The standard InChI is InChI=1S/C8H15N3O/c1-3-4-5-12-8-7(9)6-11(2)10-8/h6H,3-5,9H2,1-2H3. The van der Waals surface area contributed by atoms with Crippen LogP contribution in [0.1, 0.15) is 19.8 Å². The quantitative estimate of drug-likeness (QED) is 0.688. The molecule has 0 aliphatic heterocycles. The lowest BCUT2D eigenvalue weighted by Gasteiger charge is -2.00. The molecule has 68 valence electrons. The Kier molecular flexibility index (Phi) is 2.96. The molecule has 0 amide bonds. The van der Waals surface area contributed by atoms with Crippen LogP contribution in [0.25, 0.3) is 0 Å². The maximum atomic E-state index is 5.62. The number of hydrogen-bond donors (Lipinski definition) is 1. The van der Waals surface area contributed by atoms with E-state index in [0.717, 1.165) is 12.8 Å². The zero-order valence-electron chi connectivity index (χ0n) is 7.58. The first kappa shape index (κ1) is 8.90. The average molecular weight is 169 g/mol. The van der Waals surface area contributed by atoms with Gasteiger partial charge in [-0.15, -0.1) is 5.10 Å². The van der Waals surface area contributed by atoms with Gasteiger partial charge in [-0.2, -0.15) is 0 Å². The Morgan fingerprint density at radius 3 is 2.92 bits per heavy atom. The molecule has 0 bridgehead atoms. The van der Waals surface area contributed by atoms with Crippen LogP contribution in [0.15, 0.2) is 6.20 Å². The van der Waals surface area contributed by atoms with E-state index in [1.807, 2.05) is 7.05 Å². The molecule has 0 atom stereocenters.